The molecule has 12 heavy (non-hydrogen) atoms. The lowest BCUT2D eigenvalue weighted by atomic mass is 10.1. The molecule has 0 atom stereocenters. The van der Waals surface area contributed by atoms with Gasteiger partial charge >= 0.3 is 0 Å². The molecule has 0 amide bonds. The summed E-state index contributed by atoms with van der Waals surface area (Å²) in [6.45, 7) is 0. The van der Waals surface area contributed by atoms with E-state index in [1.807, 2.05) is 6.08 Å². The monoisotopic (exact) mass is 229 g/mol. The van der Waals surface area contributed by atoms with Crippen LogP contribution in [0.5, 0.6) is 0 Å². The Morgan fingerprint density at radius 2 is 2.25 bits per heavy atom. The van der Waals surface area contributed by atoms with Gasteiger partial charge in [-0.2, -0.15) is 0 Å². The third-order valence-corrected chi connectivity index (χ3v) is 1.81. The van der Waals surface area contributed by atoms with Crippen molar-refractivity contribution in [1.29, 1.82) is 0 Å². The summed E-state index contributed by atoms with van der Waals surface area (Å²) in [6.07, 6.45) is 3.65. The zero-order valence-corrected chi connectivity index (χ0v) is 8.01. The van der Waals surface area contributed by atoms with Crippen LogP contribution in [0.2, 0.25) is 0 Å². The molecular weight excluding hydrogens is 221 g/mol. The molecule has 2 N–H and O–H groups in total. The maximum Gasteiger partial charge on any atom is 0.123 e. The van der Waals surface area contributed by atoms with Crippen LogP contribution in [0.1, 0.15) is 5.56 Å². The Hall–Kier alpha value is -0.830. The fraction of sp³-hybridized carbons (Fsp3) is 0.111. The fourth-order valence-electron chi connectivity index (χ4n) is 0.861. The zero-order valence-electron chi connectivity index (χ0n) is 6.43. The minimum absolute atomic E-state index is 0.265. The van der Waals surface area contributed by atoms with Gasteiger partial charge in [0.05, 0.1) is 0 Å². The second-order valence-electron chi connectivity index (χ2n) is 2.33. The molecule has 0 unspecified atom stereocenters. The van der Waals surface area contributed by atoms with Gasteiger partial charge in [-0.15, -0.1) is 0 Å². The predicted molar refractivity (Wildman–Crippen MR) is 53.6 cm³/mol. The summed E-state index contributed by atoms with van der Waals surface area (Å²) in [5.74, 6) is -0.265. The number of rotatable bonds is 2. The summed E-state index contributed by atoms with van der Waals surface area (Å²) in [4.78, 5) is 0. The van der Waals surface area contributed by atoms with Gasteiger partial charge in [-0.25, -0.2) is 4.39 Å². The Kier molecular flexibility index (Phi) is 3.29. The van der Waals surface area contributed by atoms with Crippen LogP contribution >= 0.6 is 15.9 Å². The molecule has 0 fully saturated rings. The standard InChI is InChI=1S/C9H9BrFN/c10-5-1-2-7-6-8(11)3-4-9(7)12/h1-4,6H,5,12H2. The van der Waals surface area contributed by atoms with Gasteiger partial charge in [0.2, 0.25) is 0 Å². The zero-order chi connectivity index (χ0) is 8.97. The number of nitrogens with two attached hydrogens (primary N) is 1. The third-order valence-electron chi connectivity index (χ3n) is 1.44. The molecule has 0 aliphatic heterocycles. The first kappa shape index (κ1) is 9.26. The Balaban J connectivity index is 2.97. The Bertz CT molecular complexity index is 297. The van der Waals surface area contributed by atoms with Gasteiger partial charge in [-0.05, 0) is 23.8 Å². The van der Waals surface area contributed by atoms with Crippen LogP contribution in [0, 0.1) is 5.82 Å². The summed E-state index contributed by atoms with van der Waals surface area (Å²) in [5.41, 5.74) is 6.91. The second kappa shape index (κ2) is 4.26. The molecule has 1 aromatic rings. The number of nitrogen functional groups attached to an aromatic ring is 1. The van der Waals surface area contributed by atoms with E-state index in [2.05, 4.69) is 15.9 Å². The lowest BCUT2D eigenvalue weighted by Crippen LogP contribution is -1.89. The average molecular weight is 230 g/mol. The number of hydrogen-bond acceptors (Lipinski definition) is 1. The molecule has 0 saturated heterocycles. The normalized spacial score (nSPS) is 10.8. The second-order valence-corrected chi connectivity index (χ2v) is 2.98. The molecule has 3 heteroatoms. The largest absolute Gasteiger partial charge is 0.398 e. The number of alkyl halides is 1. The highest BCUT2D eigenvalue weighted by molar-refractivity contribution is 9.09. The van der Waals surface area contributed by atoms with Crippen LogP contribution in [0.4, 0.5) is 10.1 Å². The first-order valence-corrected chi connectivity index (χ1v) is 4.63. The highest BCUT2D eigenvalue weighted by atomic mass is 79.9. The molecular formula is C9H9BrFN. The van der Waals surface area contributed by atoms with E-state index in [1.54, 1.807) is 12.1 Å². The molecule has 64 valence electrons. The van der Waals surface area contributed by atoms with Crippen LogP contribution in [0.3, 0.4) is 0 Å². The smallest absolute Gasteiger partial charge is 0.123 e. The molecule has 0 aliphatic rings. The molecule has 1 aromatic carbocycles. The van der Waals surface area contributed by atoms with Crippen molar-refractivity contribution in [3.8, 4) is 0 Å². The van der Waals surface area contributed by atoms with E-state index in [1.165, 1.54) is 12.1 Å². The molecule has 0 aliphatic carbocycles. The van der Waals surface area contributed by atoms with Crippen LogP contribution in [-0.4, -0.2) is 5.33 Å². The van der Waals surface area contributed by atoms with Gasteiger partial charge in [-0.1, -0.05) is 28.1 Å². The lowest BCUT2D eigenvalue weighted by Gasteiger charge is -1.98. The van der Waals surface area contributed by atoms with E-state index in [-0.39, 0.29) is 5.82 Å². The summed E-state index contributed by atoms with van der Waals surface area (Å²) >= 11 is 3.23. The number of hydrogen-bond donors (Lipinski definition) is 1. The number of anilines is 1. The lowest BCUT2D eigenvalue weighted by molar-refractivity contribution is 0.628. The van der Waals surface area contributed by atoms with Crippen molar-refractivity contribution in [3.63, 3.8) is 0 Å². The van der Waals surface area contributed by atoms with Crippen molar-refractivity contribution >= 4 is 27.7 Å². The minimum atomic E-state index is -0.265. The first-order valence-electron chi connectivity index (χ1n) is 3.51. The van der Waals surface area contributed by atoms with Crippen LogP contribution in [0.15, 0.2) is 24.3 Å². The summed E-state index contributed by atoms with van der Waals surface area (Å²) in [7, 11) is 0. The summed E-state index contributed by atoms with van der Waals surface area (Å²) in [6, 6.07) is 4.32. The van der Waals surface area contributed by atoms with Crippen molar-refractivity contribution in [1.82, 2.24) is 0 Å². The number of allylic oxidation sites excluding steroid dienone is 1. The average Bonchev–Trinajstić information content (AvgIpc) is 2.07. The van der Waals surface area contributed by atoms with Crippen molar-refractivity contribution in [2.75, 3.05) is 11.1 Å². The van der Waals surface area contributed by atoms with Gasteiger partial charge < -0.3 is 5.73 Å². The summed E-state index contributed by atoms with van der Waals surface area (Å²) < 4.78 is 12.7. The van der Waals surface area contributed by atoms with Crippen molar-refractivity contribution in [2.45, 2.75) is 0 Å². The first-order chi connectivity index (χ1) is 5.74. The van der Waals surface area contributed by atoms with Crippen LogP contribution in [0.25, 0.3) is 6.08 Å². The van der Waals surface area contributed by atoms with E-state index in [0.29, 0.717) is 5.69 Å². The Morgan fingerprint density at radius 3 is 2.92 bits per heavy atom. The van der Waals surface area contributed by atoms with E-state index in [9.17, 15) is 4.39 Å². The third kappa shape index (κ3) is 2.34. The Labute approximate surface area is 79.2 Å². The van der Waals surface area contributed by atoms with Gasteiger partial charge in [0.1, 0.15) is 5.82 Å². The molecule has 0 aromatic heterocycles. The quantitative estimate of drug-likeness (QED) is 0.613. The number of benzene rings is 1. The van der Waals surface area contributed by atoms with Crippen molar-refractivity contribution < 1.29 is 4.39 Å². The van der Waals surface area contributed by atoms with Crippen molar-refractivity contribution in [3.05, 3.63) is 35.7 Å². The van der Waals surface area contributed by atoms with Crippen LogP contribution in [-0.2, 0) is 0 Å². The van der Waals surface area contributed by atoms with Crippen molar-refractivity contribution in [2.24, 2.45) is 0 Å². The van der Waals surface area contributed by atoms with E-state index in [4.69, 9.17) is 5.73 Å². The molecule has 0 saturated carbocycles. The molecule has 0 bridgehead atoms. The minimum Gasteiger partial charge on any atom is -0.398 e. The van der Waals surface area contributed by atoms with Gasteiger partial charge in [-0.3, -0.25) is 0 Å². The maximum absolute atomic E-state index is 12.7. The topological polar surface area (TPSA) is 26.0 Å². The predicted octanol–water partition coefficient (Wildman–Crippen LogP) is 2.82. The maximum atomic E-state index is 12.7. The van der Waals surface area contributed by atoms with E-state index < -0.39 is 0 Å². The fourth-order valence-corrected chi connectivity index (χ4v) is 1.05. The molecule has 1 nitrogen and oxygen atoms in total. The summed E-state index contributed by atoms with van der Waals surface area (Å²) in [5, 5.41) is 0.739. The van der Waals surface area contributed by atoms with Crippen LogP contribution < -0.4 is 5.73 Å². The SMILES string of the molecule is Nc1ccc(F)cc1C=CCBr. The highest BCUT2D eigenvalue weighted by Gasteiger charge is 1.95. The van der Waals surface area contributed by atoms with E-state index in [0.717, 1.165) is 10.9 Å². The number of halogens is 2. The van der Waals surface area contributed by atoms with E-state index >= 15 is 0 Å². The van der Waals surface area contributed by atoms with Gasteiger partial charge in [0.15, 0.2) is 0 Å². The Morgan fingerprint density at radius 1 is 1.50 bits per heavy atom. The molecule has 0 heterocycles. The molecule has 0 radical (unpaired) electrons. The highest BCUT2D eigenvalue weighted by Crippen LogP contribution is 2.14. The van der Waals surface area contributed by atoms with Gasteiger partial charge in [0, 0.05) is 11.0 Å². The molecule has 0 spiro atoms. The molecule has 1 rings (SSSR count). The van der Waals surface area contributed by atoms with Gasteiger partial charge in [0.25, 0.3) is 0 Å².